The molecule has 1 aliphatic heterocycles. The number of fused-ring (bicyclic) bond motifs is 12. The highest BCUT2D eigenvalue weighted by Gasteiger charge is 2.40. The molecule has 0 unspecified atom stereocenters. The molecule has 5 heteroatoms. The number of aromatic nitrogens is 4. The number of rotatable bonds is 4. The van der Waals surface area contributed by atoms with E-state index in [1.165, 1.54) is 5.56 Å². The molecule has 5 nitrogen and oxygen atoms in total. The second kappa shape index (κ2) is 13.4. The molecule has 0 saturated carbocycles. The van der Waals surface area contributed by atoms with Crippen LogP contribution in [0.15, 0.2) is 152 Å². The second-order valence-corrected chi connectivity index (χ2v) is 18.8. The van der Waals surface area contributed by atoms with Gasteiger partial charge in [-0.25, -0.2) is 4.98 Å². The van der Waals surface area contributed by atoms with Crippen molar-refractivity contribution in [1.29, 1.82) is 0 Å². The van der Waals surface area contributed by atoms with Crippen LogP contribution in [0.25, 0.3) is 72.5 Å². The van der Waals surface area contributed by atoms with Crippen LogP contribution in [0.3, 0.4) is 0 Å². The van der Waals surface area contributed by atoms with Crippen molar-refractivity contribution in [2.24, 2.45) is 0 Å². The maximum atomic E-state index is 9.45. The van der Waals surface area contributed by atoms with Gasteiger partial charge >= 0.3 is 0 Å². The summed E-state index contributed by atoms with van der Waals surface area (Å²) in [6, 6.07) is 26.8. The van der Waals surface area contributed by atoms with E-state index in [9.17, 15) is 5.48 Å². The molecule has 0 saturated heterocycles. The minimum atomic E-state index is -0.503. The zero-order chi connectivity index (χ0) is 48.8. The van der Waals surface area contributed by atoms with E-state index in [4.69, 9.17) is 15.2 Å². The van der Waals surface area contributed by atoms with Gasteiger partial charge in [-0.3, -0.25) is 13.7 Å². The van der Waals surface area contributed by atoms with Gasteiger partial charge in [0, 0.05) is 29.2 Å². The van der Waals surface area contributed by atoms with Crippen LogP contribution in [0.2, 0.25) is 0 Å². The minimum absolute atomic E-state index is 0.00823. The lowest BCUT2D eigenvalue weighted by Gasteiger charge is -2.43. The Labute approximate surface area is 369 Å². The van der Waals surface area contributed by atoms with Crippen molar-refractivity contribution >= 4 is 21.8 Å². The van der Waals surface area contributed by atoms with E-state index in [1.807, 2.05) is 47.3 Å². The lowest BCUT2D eigenvalue weighted by Crippen LogP contribution is -2.35. The van der Waals surface area contributed by atoms with Crippen LogP contribution in [0, 0.1) is 6.33 Å². The molecule has 11 rings (SSSR count). The predicted molar refractivity (Wildman–Crippen MR) is 249 cm³/mol. The largest absolute Gasteiger partial charge is 0.458 e. The zero-order valence-electron chi connectivity index (χ0n) is 43.4. The monoisotopic (exact) mass is 802 g/mol. The first-order valence-electron chi connectivity index (χ1n) is 24.9. The molecule has 3 aromatic heterocycles. The lowest BCUT2D eigenvalue weighted by molar-refractivity contribution is -0.587. The molecule has 0 radical (unpaired) electrons. The number of ether oxygens (including phenoxy) is 1. The summed E-state index contributed by atoms with van der Waals surface area (Å²) in [5.74, 6) is 2.05. The van der Waals surface area contributed by atoms with Gasteiger partial charge in [0.1, 0.15) is 17.3 Å². The summed E-state index contributed by atoms with van der Waals surface area (Å²) in [6.07, 6.45) is 9.13. The summed E-state index contributed by atoms with van der Waals surface area (Å²) in [7, 11) is 0. The molecule has 300 valence electrons. The molecule has 4 heterocycles. The average Bonchev–Trinajstić information content (AvgIpc) is 3.90. The van der Waals surface area contributed by atoms with Crippen molar-refractivity contribution in [2.75, 3.05) is 0 Å². The SMILES string of the molecule is [2H]c1c([2H])c([2H])c2c(c1[2H])-c1ccccc1-[n+]1[c-]n(-c3cc(Oc4ccc5c6ccccc6n(-c6cc(C(C)(C)C)ccn6)c5c4)cc4c3C(C)(C)CCC4(C)C)cc1-c1c([2H])c([2H])c([2H])c([2H])c1-2. The van der Waals surface area contributed by atoms with Crippen LogP contribution in [-0.2, 0) is 16.2 Å². The third-order valence-corrected chi connectivity index (χ3v) is 12.8. The van der Waals surface area contributed by atoms with Crippen LogP contribution in [-0.4, -0.2) is 14.1 Å². The first-order valence-corrected chi connectivity index (χ1v) is 20.9. The smallest absolute Gasteiger partial charge is 0.269 e. The Balaban J connectivity index is 1.16. The number of para-hydroxylation sites is 2. The van der Waals surface area contributed by atoms with Gasteiger partial charge in [0.15, 0.2) is 0 Å². The van der Waals surface area contributed by atoms with Crippen molar-refractivity contribution in [2.45, 2.75) is 77.6 Å². The Morgan fingerprint density at radius 3 is 2.15 bits per heavy atom. The van der Waals surface area contributed by atoms with Crippen molar-refractivity contribution < 1.29 is 20.3 Å². The number of hydrogen-bond acceptors (Lipinski definition) is 2. The number of hydrogen-bond donors (Lipinski definition) is 0. The molecule has 2 aliphatic rings. The Hall–Kier alpha value is -6.72. The summed E-state index contributed by atoms with van der Waals surface area (Å²) < 4.78 is 85.3. The first-order chi connectivity index (χ1) is 32.7. The van der Waals surface area contributed by atoms with E-state index in [0.717, 1.165) is 57.3 Å². The van der Waals surface area contributed by atoms with Crippen molar-refractivity contribution in [1.82, 2.24) is 14.1 Å². The van der Waals surface area contributed by atoms with Gasteiger partial charge in [0.2, 0.25) is 0 Å². The summed E-state index contributed by atoms with van der Waals surface area (Å²) in [5, 5.41) is 2.17. The van der Waals surface area contributed by atoms with Gasteiger partial charge in [-0.05, 0) is 122 Å². The fourth-order valence-corrected chi connectivity index (χ4v) is 9.51. The minimum Gasteiger partial charge on any atom is -0.458 e. The number of pyridine rings is 1. The number of benzene rings is 6. The van der Waals surface area contributed by atoms with Gasteiger partial charge in [-0.15, -0.1) is 0 Å². The third-order valence-electron chi connectivity index (χ3n) is 12.8. The number of imidazole rings is 1. The molecule has 0 bridgehead atoms. The van der Waals surface area contributed by atoms with Gasteiger partial charge in [0.05, 0.1) is 39.1 Å². The molecule has 6 aromatic carbocycles. The predicted octanol–water partition coefficient (Wildman–Crippen LogP) is 13.8. The van der Waals surface area contributed by atoms with Crippen molar-refractivity contribution in [3.05, 3.63) is 175 Å². The summed E-state index contributed by atoms with van der Waals surface area (Å²) in [6.45, 7) is 15.6. The zero-order valence-corrected chi connectivity index (χ0v) is 35.4. The molecule has 0 atom stereocenters. The molecular weight excluding hydrogens is 745 g/mol. The third kappa shape index (κ3) is 5.96. The summed E-state index contributed by atoms with van der Waals surface area (Å²) in [4.78, 5) is 4.88. The van der Waals surface area contributed by atoms with E-state index in [-0.39, 0.29) is 56.6 Å². The lowest BCUT2D eigenvalue weighted by atomic mass is 9.62. The fourth-order valence-electron chi connectivity index (χ4n) is 9.51. The molecule has 0 amide bonds. The van der Waals surface area contributed by atoms with E-state index >= 15 is 0 Å². The van der Waals surface area contributed by atoms with Gasteiger partial charge < -0.3 is 4.74 Å². The van der Waals surface area contributed by atoms with E-state index in [2.05, 4.69) is 108 Å². The quantitative estimate of drug-likeness (QED) is 0.131. The molecule has 0 fully saturated rings. The van der Waals surface area contributed by atoms with Crippen molar-refractivity contribution in [3.8, 4) is 62.2 Å². The Bertz CT molecular complexity index is 3690. The van der Waals surface area contributed by atoms with Crippen molar-refractivity contribution in [3.63, 3.8) is 0 Å². The highest BCUT2D eigenvalue weighted by Crippen LogP contribution is 2.50. The van der Waals surface area contributed by atoms with Crippen LogP contribution in [0.4, 0.5) is 0 Å². The standard InChI is InChI=1S/C56H50N4O/c1-54(2,3)36-26-29-57-52(30-36)60-48-23-15-13-21-44(48)45-25-24-37(32-49(45)60)61-38-31-46-53(56(6,7)28-27-55(46,4)5)50(33-38)58-34-51-43-20-11-10-18-41(43)39-16-8-9-17-40(39)42-19-12-14-22-47(42)59(51)35-58/h8-26,29-34H,27-28H2,1-7H3/i8D,9D,10D,11D,16D,17D,18D,20D. The Kier molecular flexibility index (Phi) is 6.47. The van der Waals surface area contributed by atoms with Crippen LogP contribution in [0.1, 0.15) is 89.0 Å². The first kappa shape index (κ1) is 29.5. The van der Waals surface area contributed by atoms with E-state index in [0.29, 0.717) is 28.4 Å². The molecule has 0 N–H and O–H groups in total. The van der Waals surface area contributed by atoms with E-state index < -0.39 is 30.2 Å². The van der Waals surface area contributed by atoms with Crippen LogP contribution < -0.4 is 9.30 Å². The molecule has 9 aromatic rings. The summed E-state index contributed by atoms with van der Waals surface area (Å²) in [5.41, 5.74) is 7.11. The molecule has 1 aliphatic carbocycles. The summed E-state index contributed by atoms with van der Waals surface area (Å²) >= 11 is 0. The maximum Gasteiger partial charge on any atom is 0.269 e. The Morgan fingerprint density at radius 2 is 1.36 bits per heavy atom. The van der Waals surface area contributed by atoms with Gasteiger partial charge in [0.25, 0.3) is 6.33 Å². The number of nitrogens with zero attached hydrogens (tertiary/aromatic N) is 4. The highest BCUT2D eigenvalue weighted by atomic mass is 16.5. The molecule has 0 spiro atoms. The second-order valence-electron chi connectivity index (χ2n) is 18.8. The van der Waals surface area contributed by atoms with Crippen LogP contribution in [0.5, 0.6) is 11.5 Å². The fraction of sp³-hybridized carbons (Fsp3) is 0.214. The van der Waals surface area contributed by atoms with E-state index in [1.54, 1.807) is 16.7 Å². The molecule has 61 heavy (non-hydrogen) atoms. The van der Waals surface area contributed by atoms with Gasteiger partial charge in [-0.1, -0.05) is 133 Å². The normalized spacial score (nSPS) is 16.8. The highest BCUT2D eigenvalue weighted by molar-refractivity contribution is 6.09. The topological polar surface area (TPSA) is 35.9 Å². The molecular formula is C56H50N4O. The van der Waals surface area contributed by atoms with Gasteiger partial charge in [-0.2, -0.15) is 0 Å². The average molecular weight is 803 g/mol. The van der Waals surface area contributed by atoms with Crippen LogP contribution >= 0.6 is 0 Å². The Morgan fingerprint density at radius 1 is 0.689 bits per heavy atom. The maximum absolute atomic E-state index is 9.45.